The maximum Gasteiger partial charge on any atom is 0.294 e. The largest absolute Gasteiger partial charge is 0.488 e. The summed E-state index contributed by atoms with van der Waals surface area (Å²) in [4.78, 5) is 38.9. The minimum absolute atomic E-state index is 0.177. The zero-order chi connectivity index (χ0) is 24.9. The molecule has 0 aliphatic carbocycles. The minimum Gasteiger partial charge on any atom is -0.488 e. The Balaban J connectivity index is 1.47. The van der Waals surface area contributed by atoms with Gasteiger partial charge in [0.05, 0.1) is 4.91 Å². The molecule has 3 amide bonds. The lowest BCUT2D eigenvalue weighted by Gasteiger charge is -2.13. The van der Waals surface area contributed by atoms with Crippen molar-refractivity contribution in [3.05, 3.63) is 97.5 Å². The highest BCUT2D eigenvalue weighted by molar-refractivity contribution is 9.10. The van der Waals surface area contributed by atoms with Gasteiger partial charge in [0.15, 0.2) is 0 Å². The van der Waals surface area contributed by atoms with E-state index < -0.39 is 23.6 Å². The molecule has 6 nitrogen and oxygen atoms in total. The average Bonchev–Trinajstić information content (AvgIpc) is 3.08. The second-order valence-corrected chi connectivity index (χ2v) is 10.2. The predicted molar refractivity (Wildman–Crippen MR) is 140 cm³/mol. The third-order valence-electron chi connectivity index (χ3n) is 4.87. The molecule has 0 bridgehead atoms. The Morgan fingerprint density at radius 3 is 2.40 bits per heavy atom. The van der Waals surface area contributed by atoms with E-state index in [0.29, 0.717) is 17.0 Å². The summed E-state index contributed by atoms with van der Waals surface area (Å²) in [7, 11) is 0. The quantitative estimate of drug-likeness (QED) is 0.301. The average molecular weight is 620 g/mol. The normalized spacial score (nSPS) is 14.5. The van der Waals surface area contributed by atoms with E-state index in [1.54, 1.807) is 60.7 Å². The first-order valence-electron chi connectivity index (χ1n) is 10.3. The third kappa shape index (κ3) is 6.59. The smallest absolute Gasteiger partial charge is 0.294 e. The molecule has 0 atom stereocenters. The van der Waals surface area contributed by atoms with Crippen LogP contribution in [-0.4, -0.2) is 28.5 Å². The van der Waals surface area contributed by atoms with Crippen molar-refractivity contribution in [3.63, 3.8) is 0 Å². The second-order valence-electron chi connectivity index (χ2n) is 7.42. The monoisotopic (exact) mass is 618 g/mol. The van der Waals surface area contributed by atoms with Crippen LogP contribution in [0.15, 0.2) is 80.6 Å². The van der Waals surface area contributed by atoms with Crippen LogP contribution in [0.2, 0.25) is 0 Å². The molecule has 0 aromatic heterocycles. The molecule has 1 fully saturated rings. The fourth-order valence-corrected chi connectivity index (χ4v) is 4.63. The molecule has 0 unspecified atom stereocenters. The molecule has 35 heavy (non-hydrogen) atoms. The lowest BCUT2D eigenvalue weighted by molar-refractivity contribution is -0.127. The summed E-state index contributed by atoms with van der Waals surface area (Å²) in [5.74, 6) is -0.895. The van der Waals surface area contributed by atoms with Gasteiger partial charge in [-0.15, -0.1) is 0 Å². The van der Waals surface area contributed by atoms with Crippen LogP contribution in [0.5, 0.6) is 5.75 Å². The highest BCUT2D eigenvalue weighted by Crippen LogP contribution is 2.35. The lowest BCUT2D eigenvalue weighted by atomic mass is 10.1. The van der Waals surface area contributed by atoms with E-state index in [1.807, 2.05) is 0 Å². The number of halogens is 3. The molecule has 1 saturated heterocycles. The number of thioether (sulfide) groups is 1. The third-order valence-corrected chi connectivity index (χ3v) is 6.80. The van der Waals surface area contributed by atoms with Crippen LogP contribution in [0.3, 0.4) is 0 Å². The van der Waals surface area contributed by atoms with Gasteiger partial charge in [-0.1, -0.05) is 44.0 Å². The Morgan fingerprint density at radius 1 is 1.00 bits per heavy atom. The van der Waals surface area contributed by atoms with E-state index in [9.17, 15) is 18.8 Å². The molecule has 0 saturated carbocycles. The summed E-state index contributed by atoms with van der Waals surface area (Å²) < 4.78 is 20.6. The molecule has 3 aromatic carbocycles. The molecule has 1 N–H and O–H groups in total. The van der Waals surface area contributed by atoms with Crippen molar-refractivity contribution in [2.75, 3.05) is 11.9 Å². The number of benzene rings is 3. The van der Waals surface area contributed by atoms with Gasteiger partial charge in [-0.2, -0.15) is 0 Å². The van der Waals surface area contributed by atoms with Gasteiger partial charge in [0.25, 0.3) is 11.1 Å². The summed E-state index contributed by atoms with van der Waals surface area (Å²) in [6.45, 7) is -0.203. The first-order valence-corrected chi connectivity index (χ1v) is 12.7. The highest BCUT2D eigenvalue weighted by Gasteiger charge is 2.36. The molecule has 0 radical (unpaired) electrons. The van der Waals surface area contributed by atoms with Crippen LogP contribution in [-0.2, 0) is 16.2 Å². The fourth-order valence-electron chi connectivity index (χ4n) is 3.16. The Hall–Kier alpha value is -2.95. The molecule has 0 spiro atoms. The van der Waals surface area contributed by atoms with Crippen LogP contribution < -0.4 is 10.1 Å². The van der Waals surface area contributed by atoms with Gasteiger partial charge in [0.1, 0.15) is 24.7 Å². The number of ether oxygens (including phenoxy) is 1. The zero-order valence-corrected chi connectivity index (χ0v) is 22.0. The van der Waals surface area contributed by atoms with E-state index in [-0.39, 0.29) is 17.3 Å². The van der Waals surface area contributed by atoms with E-state index in [1.165, 1.54) is 12.1 Å². The van der Waals surface area contributed by atoms with Crippen molar-refractivity contribution >= 4 is 72.4 Å². The highest BCUT2D eigenvalue weighted by atomic mass is 79.9. The number of nitrogens with one attached hydrogen (secondary N) is 1. The maximum atomic E-state index is 13.1. The summed E-state index contributed by atoms with van der Waals surface area (Å²) in [5.41, 5.74) is 1.90. The topological polar surface area (TPSA) is 75.7 Å². The first kappa shape index (κ1) is 25.2. The lowest BCUT2D eigenvalue weighted by Crippen LogP contribution is -2.36. The number of hydrogen-bond donors (Lipinski definition) is 1. The van der Waals surface area contributed by atoms with E-state index >= 15 is 0 Å². The molecular weight excluding hydrogens is 603 g/mol. The number of imide groups is 1. The Labute approximate surface area is 221 Å². The summed E-state index contributed by atoms with van der Waals surface area (Å²) in [6, 6.07) is 18.2. The van der Waals surface area contributed by atoms with Gasteiger partial charge >= 0.3 is 0 Å². The molecule has 10 heteroatoms. The van der Waals surface area contributed by atoms with Crippen molar-refractivity contribution in [1.29, 1.82) is 0 Å². The van der Waals surface area contributed by atoms with Crippen molar-refractivity contribution in [3.8, 4) is 5.75 Å². The van der Waals surface area contributed by atoms with Crippen LogP contribution in [0.25, 0.3) is 6.08 Å². The first-order chi connectivity index (χ1) is 16.8. The summed E-state index contributed by atoms with van der Waals surface area (Å²) >= 11 is 7.48. The SMILES string of the molecule is O=C(CN1C(=O)S/C(=C\c2cc(Br)ccc2OCc2ccc(F)cc2)C1=O)Nc1ccc(Br)cc1. The van der Waals surface area contributed by atoms with Crippen LogP contribution in [0.4, 0.5) is 14.9 Å². The van der Waals surface area contributed by atoms with Gasteiger partial charge in [-0.25, -0.2) is 4.39 Å². The Bertz CT molecular complexity index is 1310. The zero-order valence-electron chi connectivity index (χ0n) is 18.0. The van der Waals surface area contributed by atoms with E-state index in [4.69, 9.17) is 4.74 Å². The summed E-state index contributed by atoms with van der Waals surface area (Å²) in [6.07, 6.45) is 1.56. The number of rotatable bonds is 7. The molecule has 1 aliphatic heterocycles. The van der Waals surface area contributed by atoms with Crippen molar-refractivity contribution in [2.24, 2.45) is 0 Å². The molecule has 1 heterocycles. The Morgan fingerprint density at radius 2 is 1.69 bits per heavy atom. The predicted octanol–water partition coefficient (Wildman–Crippen LogP) is 6.60. The number of carbonyl (C=O) groups excluding carboxylic acids is 3. The number of carbonyl (C=O) groups is 3. The Kier molecular flexibility index (Phi) is 8.04. The standard InChI is InChI=1S/C25H17Br2FN2O4S/c26-17-3-8-20(9-4-17)29-23(31)13-30-24(32)22(35-25(30)33)12-16-11-18(27)5-10-21(16)34-14-15-1-6-19(28)7-2-15/h1-12H,13-14H2,(H,29,31)/b22-12-. The molecule has 4 rings (SSSR count). The van der Waals surface area contributed by atoms with Crippen molar-refractivity contribution in [2.45, 2.75) is 6.61 Å². The fraction of sp³-hybridized carbons (Fsp3) is 0.0800. The van der Waals surface area contributed by atoms with E-state index in [0.717, 1.165) is 31.2 Å². The number of hydrogen-bond acceptors (Lipinski definition) is 5. The second kappa shape index (κ2) is 11.2. The van der Waals surface area contributed by atoms with Crippen molar-refractivity contribution in [1.82, 2.24) is 4.90 Å². The molecule has 3 aromatic rings. The van der Waals surface area contributed by atoms with Crippen LogP contribution >= 0.6 is 43.6 Å². The van der Waals surface area contributed by atoms with Gasteiger partial charge in [0.2, 0.25) is 5.91 Å². The van der Waals surface area contributed by atoms with Gasteiger partial charge in [0, 0.05) is 20.2 Å². The number of anilines is 1. The van der Waals surface area contributed by atoms with Gasteiger partial charge in [-0.3, -0.25) is 19.3 Å². The van der Waals surface area contributed by atoms with E-state index in [2.05, 4.69) is 37.2 Å². The van der Waals surface area contributed by atoms with Crippen LogP contribution in [0, 0.1) is 5.82 Å². The minimum atomic E-state index is -0.560. The molecule has 178 valence electrons. The van der Waals surface area contributed by atoms with Crippen LogP contribution in [0.1, 0.15) is 11.1 Å². The van der Waals surface area contributed by atoms with Gasteiger partial charge in [-0.05, 0) is 78.0 Å². The van der Waals surface area contributed by atoms with Crippen molar-refractivity contribution < 1.29 is 23.5 Å². The number of amides is 3. The molecule has 1 aliphatic rings. The molecular formula is C25H17Br2FN2O4S. The maximum absolute atomic E-state index is 13.1. The van der Waals surface area contributed by atoms with Gasteiger partial charge < -0.3 is 10.1 Å². The summed E-state index contributed by atoms with van der Waals surface area (Å²) in [5, 5.41) is 2.14. The number of nitrogens with zero attached hydrogens (tertiary/aromatic N) is 1.